The maximum Gasteiger partial charge on any atom is 0.416 e. The van der Waals surface area contributed by atoms with Gasteiger partial charge in [0.05, 0.1) is 30.7 Å². The molecule has 436 valence electrons. The number of imidazole rings is 2. The number of aromatic nitrogens is 5. The molecule has 7 rings (SSSR count). The van der Waals surface area contributed by atoms with Crippen LogP contribution in [-0.2, 0) is 76.6 Å². The average Bonchev–Trinajstić information content (AvgIpc) is 4.33. The highest BCUT2D eigenvalue weighted by atomic mass is 19.4. The number of hydrogen-bond donors (Lipinski definition) is 11. The normalized spacial score (nSPS) is 16.0. The van der Waals surface area contributed by atoms with Crippen LogP contribution in [-0.4, -0.2) is 139 Å². The Kier molecular flexibility index (Phi) is 20.8. The van der Waals surface area contributed by atoms with Crippen LogP contribution in [0.5, 0.6) is 0 Å². The van der Waals surface area contributed by atoms with Crippen molar-refractivity contribution in [2.75, 3.05) is 13.1 Å². The molecule has 0 aliphatic carbocycles. The molecule has 1 fully saturated rings. The number of H-pyrrole nitrogens is 3. The lowest BCUT2D eigenvalue weighted by Crippen LogP contribution is -2.60. The van der Waals surface area contributed by atoms with Crippen molar-refractivity contribution in [3.05, 3.63) is 144 Å². The summed E-state index contributed by atoms with van der Waals surface area (Å²) in [4.78, 5) is 129. The zero-order valence-corrected chi connectivity index (χ0v) is 45.8. The van der Waals surface area contributed by atoms with Gasteiger partial charge in [-0.3, -0.25) is 38.4 Å². The maximum absolute atomic E-state index is 14.4. The van der Waals surface area contributed by atoms with Crippen molar-refractivity contribution in [2.24, 2.45) is 11.7 Å². The number of primary amides is 1. The summed E-state index contributed by atoms with van der Waals surface area (Å²) in [5.41, 5.74) is 7.61. The van der Waals surface area contributed by atoms with Gasteiger partial charge in [-0.25, -0.2) is 9.97 Å². The van der Waals surface area contributed by atoms with Crippen LogP contribution in [0.15, 0.2) is 110 Å². The number of nitrogens with two attached hydrogens (primary N) is 1. The first-order valence-corrected chi connectivity index (χ1v) is 27.0. The SMILES string of the molecule is CC(C)[C@H](NC(=O)[C@H](C)NC(=O)[C@H](Cc1c[nH]c2ccccc12)NC(=O)[C@H](Cc1cnc[nH]1)NC(=O)Cc1ccccc1C(F)(F)F)C(=O)N[C@H](C)C(=O)N[C@@H](Cc1cnc[nH]1)C(=O)N1CCC[C@@H]1CN[C@@H](Cc1ccccc1)C(N)=O. The second-order valence-corrected chi connectivity index (χ2v) is 20.8. The van der Waals surface area contributed by atoms with E-state index in [0.29, 0.717) is 42.8 Å². The van der Waals surface area contributed by atoms with Crippen molar-refractivity contribution in [3.8, 4) is 0 Å². The quantitative estimate of drug-likeness (QED) is 0.0355. The van der Waals surface area contributed by atoms with Crippen LogP contribution in [0, 0.1) is 5.92 Å². The van der Waals surface area contributed by atoms with Crippen molar-refractivity contribution >= 4 is 58.2 Å². The monoisotopic (exact) mass is 1130 g/mol. The Hall–Kier alpha value is -8.87. The molecule has 1 aliphatic heterocycles. The number of benzene rings is 3. The summed E-state index contributed by atoms with van der Waals surface area (Å²) in [6.45, 7) is 6.76. The van der Waals surface area contributed by atoms with E-state index in [2.05, 4.69) is 62.1 Å². The number of nitrogens with zero attached hydrogens (tertiary/aromatic N) is 3. The second kappa shape index (κ2) is 28.0. The van der Waals surface area contributed by atoms with Gasteiger partial charge in [0.25, 0.3) is 0 Å². The van der Waals surface area contributed by atoms with Gasteiger partial charge in [-0.15, -0.1) is 0 Å². The van der Waals surface area contributed by atoms with E-state index in [1.807, 2.05) is 36.4 Å². The Morgan fingerprint density at radius 1 is 0.634 bits per heavy atom. The number of likely N-dealkylation sites (tertiary alicyclic amines) is 1. The number of para-hydroxylation sites is 1. The van der Waals surface area contributed by atoms with Crippen molar-refractivity contribution < 1.29 is 51.5 Å². The molecule has 0 unspecified atom stereocenters. The van der Waals surface area contributed by atoms with Gasteiger partial charge in [-0.05, 0) is 67.9 Å². The number of aromatic amines is 3. The molecule has 8 atom stereocenters. The minimum absolute atomic E-state index is 0.0343. The lowest BCUT2D eigenvalue weighted by Gasteiger charge is -2.31. The highest BCUT2D eigenvalue weighted by molar-refractivity contribution is 5.97. The number of carbonyl (C=O) groups is 8. The van der Waals surface area contributed by atoms with Crippen molar-refractivity contribution in [1.82, 2.24) is 67.0 Å². The molecule has 1 saturated heterocycles. The molecule has 3 aromatic heterocycles. The number of carbonyl (C=O) groups excluding carboxylic acids is 8. The Labute approximate surface area is 470 Å². The van der Waals surface area contributed by atoms with Crippen molar-refractivity contribution in [2.45, 2.75) is 127 Å². The van der Waals surface area contributed by atoms with Crippen LogP contribution < -0.4 is 43.0 Å². The fourth-order valence-corrected chi connectivity index (χ4v) is 9.81. The molecule has 3 aromatic carbocycles. The molecule has 4 heterocycles. The highest BCUT2D eigenvalue weighted by Gasteiger charge is 2.38. The van der Waals surface area contributed by atoms with E-state index < -0.39 is 108 Å². The number of fused-ring (bicyclic) bond motifs is 1. The summed E-state index contributed by atoms with van der Waals surface area (Å²) in [5.74, 6) is -6.36. The second-order valence-electron chi connectivity index (χ2n) is 20.8. The van der Waals surface area contributed by atoms with Crippen LogP contribution in [0.3, 0.4) is 0 Å². The zero-order valence-electron chi connectivity index (χ0n) is 45.8. The van der Waals surface area contributed by atoms with Crippen molar-refractivity contribution in [3.63, 3.8) is 0 Å². The van der Waals surface area contributed by atoms with Crippen molar-refractivity contribution in [1.29, 1.82) is 0 Å². The molecule has 0 bridgehead atoms. The fraction of sp³-hybridized carbons (Fsp3) is 0.404. The van der Waals surface area contributed by atoms with Gasteiger partial charge in [0.2, 0.25) is 47.3 Å². The smallest absolute Gasteiger partial charge is 0.368 e. The fourth-order valence-electron chi connectivity index (χ4n) is 9.81. The number of rotatable bonds is 27. The van der Waals surface area contributed by atoms with E-state index in [4.69, 9.17) is 5.73 Å². The van der Waals surface area contributed by atoms with Crippen LogP contribution in [0.1, 0.15) is 74.2 Å². The third-order valence-electron chi connectivity index (χ3n) is 14.3. The van der Waals surface area contributed by atoms with Gasteiger partial charge in [-0.2, -0.15) is 13.2 Å². The van der Waals surface area contributed by atoms with Crippen LogP contribution in [0.4, 0.5) is 13.2 Å². The average molecular weight is 1140 g/mol. The number of hydrogen-bond acceptors (Lipinski definition) is 11. The maximum atomic E-state index is 14.4. The zero-order chi connectivity index (χ0) is 59.1. The third-order valence-corrected chi connectivity index (χ3v) is 14.3. The van der Waals surface area contributed by atoms with Gasteiger partial charge in [0, 0.05) is 79.3 Å². The van der Waals surface area contributed by atoms with E-state index in [-0.39, 0.29) is 43.3 Å². The first-order chi connectivity index (χ1) is 39.1. The Bertz CT molecular complexity index is 3150. The Morgan fingerprint density at radius 3 is 1.87 bits per heavy atom. The molecule has 0 radical (unpaired) electrons. The summed E-state index contributed by atoms with van der Waals surface area (Å²) < 4.78 is 41.6. The molecule has 82 heavy (non-hydrogen) atoms. The van der Waals surface area contributed by atoms with E-state index in [0.717, 1.165) is 28.6 Å². The van der Waals surface area contributed by atoms with E-state index >= 15 is 0 Å². The first kappa shape index (κ1) is 60.8. The van der Waals surface area contributed by atoms with Crippen LogP contribution >= 0.6 is 0 Å². The number of amides is 8. The topological polar surface area (TPSA) is 323 Å². The predicted octanol–water partition coefficient (Wildman–Crippen LogP) is 2.19. The van der Waals surface area contributed by atoms with Crippen LogP contribution in [0.2, 0.25) is 0 Å². The van der Waals surface area contributed by atoms with E-state index in [1.54, 1.807) is 43.1 Å². The highest BCUT2D eigenvalue weighted by Crippen LogP contribution is 2.32. The summed E-state index contributed by atoms with van der Waals surface area (Å²) in [6, 6.07) is 12.4. The van der Waals surface area contributed by atoms with Gasteiger partial charge in [0.1, 0.15) is 36.3 Å². The molecule has 22 nitrogen and oxygen atoms in total. The lowest BCUT2D eigenvalue weighted by atomic mass is 10.0. The van der Waals surface area contributed by atoms with Gasteiger partial charge in [-0.1, -0.05) is 80.6 Å². The molecular weight excluding hydrogens is 1070 g/mol. The van der Waals surface area contributed by atoms with E-state index in [9.17, 15) is 51.5 Å². The predicted molar refractivity (Wildman–Crippen MR) is 295 cm³/mol. The summed E-state index contributed by atoms with van der Waals surface area (Å²) in [6.07, 6.45) is 3.25. The van der Waals surface area contributed by atoms with Gasteiger partial charge < -0.3 is 62.8 Å². The first-order valence-electron chi connectivity index (χ1n) is 27.0. The molecule has 0 spiro atoms. The largest absolute Gasteiger partial charge is 0.416 e. The summed E-state index contributed by atoms with van der Waals surface area (Å²) in [7, 11) is 0. The number of nitrogens with one attached hydrogen (secondary N) is 10. The Balaban J connectivity index is 0.998. The molecular formula is C57H69F3N14O8. The van der Waals surface area contributed by atoms with E-state index in [1.165, 1.54) is 51.0 Å². The number of halogens is 3. The minimum atomic E-state index is -4.75. The molecule has 0 saturated carbocycles. The van der Waals surface area contributed by atoms with Gasteiger partial charge in [0.15, 0.2) is 0 Å². The number of alkyl halides is 3. The molecule has 6 aromatic rings. The molecule has 1 aliphatic rings. The summed E-state index contributed by atoms with van der Waals surface area (Å²) in [5, 5.41) is 19.9. The lowest BCUT2D eigenvalue weighted by molar-refractivity contribution is -0.139. The standard InChI is InChI=1S/C57H69F3N14O8/c1-32(2)49(55(81)69-33(3)51(77)72-47(25-39-28-63-31-67-39)56(82)74-20-12-16-40(74)29-65-44(50(61)76)21-35-13-6-5-7-14-35)73-52(78)34(4)68-53(79)45(22-37-26-64-43-19-11-9-17-41(37)43)71-54(80)46(24-38-27-62-30-66-38)70-48(75)23-36-15-8-10-18-42(36)57(58,59)60/h5-11,13-15,17-19,26-28,30-34,40,44-47,49,64-65H,12,16,20-25,29H2,1-4H3,(H2,61,76)(H,62,66)(H,63,67)(H,68,79)(H,69,81)(H,70,75)(H,71,80)(H,72,77)(H,73,78)/t33-,34+,40-,44+,45+,46+,47+,49+/m1/s1. The third kappa shape index (κ3) is 16.6. The molecule has 12 N–H and O–H groups in total. The molecule has 25 heteroatoms. The van der Waals surface area contributed by atoms with Gasteiger partial charge >= 0.3 is 6.18 Å². The Morgan fingerprint density at radius 2 is 1.22 bits per heavy atom. The summed E-state index contributed by atoms with van der Waals surface area (Å²) >= 11 is 0. The van der Waals surface area contributed by atoms with Crippen LogP contribution in [0.25, 0.3) is 10.9 Å². The molecule has 8 amide bonds. The minimum Gasteiger partial charge on any atom is -0.368 e.